The fourth-order valence-corrected chi connectivity index (χ4v) is 9.68. The summed E-state index contributed by atoms with van der Waals surface area (Å²) in [5.74, 6) is -10.3. The van der Waals surface area contributed by atoms with E-state index in [1.807, 2.05) is 6.92 Å². The number of nitrogens with zero attached hydrogens (tertiary/aromatic N) is 4. The quantitative estimate of drug-likeness (QED) is 0.0293. The molecule has 0 aliphatic carbocycles. The summed E-state index contributed by atoms with van der Waals surface area (Å²) in [6.45, 7) is 7.04. The smallest absolute Gasteiger partial charge is 0.326 e. The van der Waals surface area contributed by atoms with Crippen LogP contribution in [0.25, 0.3) is 0 Å². The van der Waals surface area contributed by atoms with Gasteiger partial charge >= 0.3 is 5.97 Å². The number of imidazole rings is 2. The molecular weight excluding hydrogens is 1070 g/mol. The number of carbonyl (C=O) groups is 12. The second-order valence-electron chi connectivity index (χ2n) is 21.3. The zero-order valence-electron chi connectivity index (χ0n) is 47.0. The Morgan fingerprint density at radius 1 is 0.646 bits per heavy atom. The number of aromatic amines is 2. The second kappa shape index (κ2) is 33.0. The van der Waals surface area contributed by atoms with E-state index in [2.05, 4.69) is 57.2 Å². The molecule has 0 bridgehead atoms. The maximum Gasteiger partial charge on any atom is 0.326 e. The van der Waals surface area contributed by atoms with Gasteiger partial charge < -0.3 is 85.0 Å². The third-order valence-corrected chi connectivity index (χ3v) is 14.3. The molecule has 2 aromatic rings. The lowest BCUT2D eigenvalue weighted by Crippen LogP contribution is -2.60. The van der Waals surface area contributed by atoms with E-state index in [0.29, 0.717) is 49.9 Å². The molecule has 0 unspecified atom stereocenters. The lowest BCUT2D eigenvalue weighted by molar-refractivity contribution is -0.145. The van der Waals surface area contributed by atoms with Crippen molar-refractivity contribution in [1.82, 2.24) is 67.0 Å². The van der Waals surface area contributed by atoms with Gasteiger partial charge in [-0.05, 0) is 82.6 Å². The average Bonchev–Trinajstić information content (AvgIpc) is 4.39. The number of rotatable bonds is 35. The Kier molecular flexibility index (Phi) is 26.8. The molecule has 4 heterocycles. The van der Waals surface area contributed by atoms with Crippen LogP contribution in [0.1, 0.15) is 123 Å². The second-order valence-corrected chi connectivity index (χ2v) is 21.3. The minimum Gasteiger partial charge on any atom is -0.480 e. The van der Waals surface area contributed by atoms with Gasteiger partial charge in [0.05, 0.1) is 25.2 Å². The molecule has 454 valence electrons. The van der Waals surface area contributed by atoms with Crippen molar-refractivity contribution in [3.8, 4) is 0 Å². The number of nitrogens with two attached hydrogens (primary N) is 4. The zero-order valence-corrected chi connectivity index (χ0v) is 47.0. The molecule has 0 spiro atoms. The Bertz CT molecular complexity index is 2510. The van der Waals surface area contributed by atoms with E-state index in [4.69, 9.17) is 22.9 Å². The summed E-state index contributed by atoms with van der Waals surface area (Å²) in [4.78, 5) is 177. The molecule has 30 heteroatoms. The fourth-order valence-electron chi connectivity index (χ4n) is 9.68. The van der Waals surface area contributed by atoms with Crippen LogP contribution in [0.2, 0.25) is 0 Å². The summed E-state index contributed by atoms with van der Waals surface area (Å²) in [5.41, 5.74) is 23.7. The zero-order chi connectivity index (χ0) is 60.6. The lowest BCUT2D eigenvalue weighted by Gasteiger charge is -2.31. The first-order chi connectivity index (χ1) is 38.9. The summed E-state index contributed by atoms with van der Waals surface area (Å²) >= 11 is 0. The predicted octanol–water partition coefficient (Wildman–Crippen LogP) is -3.91. The maximum absolute atomic E-state index is 14.4. The van der Waals surface area contributed by atoms with E-state index >= 15 is 0 Å². The summed E-state index contributed by atoms with van der Waals surface area (Å²) in [6, 6.07) is -11.1. The van der Waals surface area contributed by atoms with E-state index < -0.39 is 144 Å². The Hall–Kier alpha value is -8.02. The summed E-state index contributed by atoms with van der Waals surface area (Å²) < 4.78 is 0. The lowest BCUT2D eigenvalue weighted by atomic mass is 9.96. The predicted molar refractivity (Wildman–Crippen MR) is 293 cm³/mol. The molecule has 4 rings (SSSR count). The topological polar surface area (TPSA) is 477 Å². The third kappa shape index (κ3) is 20.8. The Balaban J connectivity index is 1.48. The van der Waals surface area contributed by atoms with Crippen LogP contribution >= 0.6 is 0 Å². The van der Waals surface area contributed by atoms with Crippen molar-refractivity contribution >= 4 is 70.9 Å². The van der Waals surface area contributed by atoms with Gasteiger partial charge in [0.25, 0.3) is 0 Å². The van der Waals surface area contributed by atoms with Gasteiger partial charge in [-0.2, -0.15) is 0 Å². The van der Waals surface area contributed by atoms with Crippen molar-refractivity contribution in [2.24, 2.45) is 34.8 Å². The highest BCUT2D eigenvalue weighted by atomic mass is 16.4. The minimum absolute atomic E-state index is 0.0453. The molecule has 0 radical (unpaired) electrons. The number of unbranched alkanes of at least 4 members (excludes halogenated alkanes) is 1. The Morgan fingerprint density at radius 3 is 1.71 bits per heavy atom. The van der Waals surface area contributed by atoms with Crippen LogP contribution in [0.15, 0.2) is 25.0 Å². The van der Waals surface area contributed by atoms with Gasteiger partial charge in [-0.25, -0.2) is 14.8 Å². The van der Waals surface area contributed by atoms with Gasteiger partial charge in [0, 0.05) is 62.6 Å². The number of carboxylic acids is 1. The van der Waals surface area contributed by atoms with Crippen LogP contribution < -0.4 is 60.2 Å². The van der Waals surface area contributed by atoms with Crippen LogP contribution in [0.4, 0.5) is 0 Å². The number of carboxylic acid groups (broad SMARTS) is 1. The van der Waals surface area contributed by atoms with Gasteiger partial charge in [0.2, 0.25) is 65.0 Å². The fraction of sp³-hybridized carbons (Fsp3) is 0.654. The van der Waals surface area contributed by atoms with Crippen LogP contribution in [-0.4, -0.2) is 186 Å². The van der Waals surface area contributed by atoms with E-state index in [-0.39, 0.29) is 76.9 Å². The van der Waals surface area contributed by atoms with Crippen LogP contribution in [0, 0.1) is 11.8 Å². The van der Waals surface area contributed by atoms with Crippen molar-refractivity contribution < 1.29 is 62.6 Å². The molecule has 2 saturated heterocycles. The van der Waals surface area contributed by atoms with Gasteiger partial charge in [-0.1, -0.05) is 34.1 Å². The highest BCUT2D eigenvalue weighted by Crippen LogP contribution is 2.23. The van der Waals surface area contributed by atoms with Crippen molar-refractivity contribution in [2.45, 2.75) is 178 Å². The number of amides is 11. The normalized spacial score (nSPS) is 17.9. The van der Waals surface area contributed by atoms with E-state index in [0.717, 1.165) is 0 Å². The molecule has 0 aromatic carbocycles. The third-order valence-electron chi connectivity index (χ3n) is 14.3. The molecule has 2 aromatic heterocycles. The molecule has 10 atom stereocenters. The number of hydrogen-bond donors (Lipinski definition) is 14. The molecule has 2 aliphatic heterocycles. The Labute approximate surface area is 475 Å². The number of likely N-dealkylation sites (tertiary alicyclic amines) is 2. The average molecular weight is 1150 g/mol. The number of carbonyl (C=O) groups excluding carboxylic acids is 11. The molecule has 2 fully saturated rings. The van der Waals surface area contributed by atoms with Gasteiger partial charge in [0.1, 0.15) is 48.3 Å². The number of H-pyrrole nitrogens is 2. The summed E-state index contributed by atoms with van der Waals surface area (Å²) in [6.07, 6.45) is 7.12. The molecular formula is C52H83N17O13. The number of hydrogen-bond acceptors (Lipinski definition) is 16. The van der Waals surface area contributed by atoms with Crippen molar-refractivity contribution in [2.75, 3.05) is 26.2 Å². The maximum atomic E-state index is 14.4. The number of primary amides is 2. The first-order valence-electron chi connectivity index (χ1n) is 27.8. The van der Waals surface area contributed by atoms with Crippen molar-refractivity contribution in [3.63, 3.8) is 0 Å². The van der Waals surface area contributed by atoms with Gasteiger partial charge in [-0.15, -0.1) is 0 Å². The van der Waals surface area contributed by atoms with E-state index in [1.165, 1.54) is 28.7 Å². The van der Waals surface area contributed by atoms with Crippen molar-refractivity contribution in [1.29, 1.82) is 0 Å². The first-order valence-corrected chi connectivity index (χ1v) is 27.8. The van der Waals surface area contributed by atoms with Crippen LogP contribution in [0.3, 0.4) is 0 Å². The number of aromatic nitrogens is 4. The minimum atomic E-state index is -1.53. The highest BCUT2D eigenvalue weighted by Gasteiger charge is 2.41. The molecule has 18 N–H and O–H groups in total. The number of nitrogens with one attached hydrogen (secondary N) is 9. The largest absolute Gasteiger partial charge is 0.480 e. The molecule has 0 saturated carbocycles. The summed E-state index contributed by atoms with van der Waals surface area (Å²) in [5, 5.41) is 27.8. The molecule has 11 amide bonds. The SMILES string of the molecule is CC[C@H](C)[C@H](NC(=O)[C@@H]1CCCN1C(=O)[C@@H](N)Cc1cnc[nH]1)C(=O)N[C@@H](CCCCN)C(=O)N[C@@H](Cc1cnc[nH]1)C(=O)N[C@@H](CCC(N)=O)C(=O)NCC(=O)N[C@@H](CC(C)C)C(=O)N1CCC[C@H]1C(=O)N[C@@H](CCC(N)=O)C(=O)O. The first kappa shape index (κ1) is 66.5. The summed E-state index contributed by atoms with van der Waals surface area (Å²) in [7, 11) is 0. The monoisotopic (exact) mass is 1150 g/mol. The van der Waals surface area contributed by atoms with Crippen LogP contribution in [0.5, 0.6) is 0 Å². The van der Waals surface area contributed by atoms with E-state index in [1.54, 1.807) is 27.0 Å². The highest BCUT2D eigenvalue weighted by molar-refractivity contribution is 5.98. The standard InChI is InChI=1S/C52H83N17O13/c1-5-29(4)43(67-48(77)39-12-8-18-68(39)50(79)32(54)21-30-23-57-26-60-30)49(78)64-33(10-6-7-17-53)45(74)66-36(22-31-24-58-27-61-31)46(75)63-34(13-15-40(55)70)44(73)59-25-42(72)62-37(20-28(2)3)51(80)69-19-9-11-38(69)47(76)65-35(52(81)82)14-16-41(56)71/h23-24,26-29,32-39,43H,5-22,25,53-54H2,1-4H3,(H2,55,70)(H2,56,71)(H,57,60)(H,58,61)(H,59,73)(H,62,72)(H,63,75)(H,64,78)(H,65,76)(H,66,74)(H,67,77)(H,81,82)/t29-,32-,33-,34-,35-,36-,37-,38-,39-,43-/m0/s1. The molecule has 82 heavy (non-hydrogen) atoms. The molecule has 30 nitrogen and oxygen atoms in total. The number of aliphatic carboxylic acids is 1. The van der Waals surface area contributed by atoms with Crippen LogP contribution in [-0.2, 0) is 70.4 Å². The van der Waals surface area contributed by atoms with Gasteiger partial charge in [-0.3, -0.25) is 52.7 Å². The molecule has 2 aliphatic rings. The Morgan fingerprint density at radius 2 is 1.17 bits per heavy atom. The van der Waals surface area contributed by atoms with Crippen molar-refractivity contribution in [3.05, 3.63) is 36.4 Å². The van der Waals surface area contributed by atoms with Gasteiger partial charge in [0.15, 0.2) is 0 Å². The van der Waals surface area contributed by atoms with E-state index in [9.17, 15) is 62.6 Å².